The van der Waals surface area contributed by atoms with E-state index < -0.39 is 0 Å². The summed E-state index contributed by atoms with van der Waals surface area (Å²) in [6.07, 6.45) is 1.48. The van der Waals surface area contributed by atoms with Crippen LogP contribution in [0.25, 0.3) is 0 Å². The third-order valence-corrected chi connectivity index (χ3v) is 4.26. The molecule has 124 valence electrons. The lowest BCUT2D eigenvalue weighted by Crippen LogP contribution is -2.63. The summed E-state index contributed by atoms with van der Waals surface area (Å²) in [7, 11) is 0. The second-order valence-electron chi connectivity index (χ2n) is 7.09. The molecule has 7 heteroatoms. The second kappa shape index (κ2) is 6.69. The van der Waals surface area contributed by atoms with Gasteiger partial charge >= 0.3 is 6.03 Å². The molecule has 2 N–H and O–H groups in total. The molecule has 2 saturated heterocycles. The van der Waals surface area contributed by atoms with Gasteiger partial charge in [-0.05, 0) is 40.5 Å². The number of carbonyl (C=O) groups excluding carboxylic acids is 1. The lowest BCUT2D eigenvalue weighted by molar-refractivity contribution is -0.245. The molecule has 2 fully saturated rings. The number of hydroxylamine groups is 2. The molecule has 2 heterocycles. The van der Waals surface area contributed by atoms with Crippen LogP contribution in [0.1, 0.15) is 40.5 Å². The summed E-state index contributed by atoms with van der Waals surface area (Å²) < 4.78 is 5.26. The van der Waals surface area contributed by atoms with Crippen LogP contribution in [0.3, 0.4) is 0 Å². The molecule has 2 aliphatic rings. The number of halogens is 1. The maximum absolute atomic E-state index is 12.3. The summed E-state index contributed by atoms with van der Waals surface area (Å²) in [6.45, 7) is 10.5. The number of nitrogens with one attached hydrogen (secondary N) is 1. The predicted octanol–water partition coefficient (Wildman–Crippen LogP) is 1.86. The fourth-order valence-corrected chi connectivity index (χ4v) is 3.40. The minimum absolute atomic E-state index is 0. The molecule has 2 aliphatic heterocycles. The predicted molar refractivity (Wildman–Crippen MR) is 83.0 cm³/mol. The standard InChI is InChI=1S/C14H27N3O3.ClH/c1-13(2)9-11(10-14(3,4)17(13)19)15-12(18)16-5-7-20-8-6-16;/h11,19H,5-10H2,1-4H3,(H,15,18);1H. The quantitative estimate of drug-likeness (QED) is 0.773. The molecule has 0 spiro atoms. The van der Waals surface area contributed by atoms with Gasteiger partial charge in [0.1, 0.15) is 0 Å². The van der Waals surface area contributed by atoms with Crippen LogP contribution in [0, 0.1) is 0 Å². The maximum Gasteiger partial charge on any atom is 0.317 e. The maximum atomic E-state index is 12.3. The molecule has 0 aromatic heterocycles. The van der Waals surface area contributed by atoms with Gasteiger partial charge < -0.3 is 20.2 Å². The lowest BCUT2D eigenvalue weighted by Gasteiger charge is -2.51. The molecule has 0 aromatic carbocycles. The van der Waals surface area contributed by atoms with Gasteiger partial charge in [0.15, 0.2) is 0 Å². The van der Waals surface area contributed by atoms with Gasteiger partial charge in [0.25, 0.3) is 0 Å². The highest BCUT2D eigenvalue weighted by Gasteiger charge is 2.45. The highest BCUT2D eigenvalue weighted by molar-refractivity contribution is 5.85. The van der Waals surface area contributed by atoms with Crippen molar-refractivity contribution in [1.29, 1.82) is 0 Å². The topological polar surface area (TPSA) is 65.0 Å². The number of urea groups is 1. The van der Waals surface area contributed by atoms with Gasteiger partial charge in [0.05, 0.1) is 13.2 Å². The number of rotatable bonds is 1. The first-order valence-corrected chi connectivity index (χ1v) is 7.35. The van der Waals surface area contributed by atoms with Crippen molar-refractivity contribution in [3.8, 4) is 0 Å². The fraction of sp³-hybridized carbons (Fsp3) is 0.929. The molecule has 0 saturated carbocycles. The van der Waals surface area contributed by atoms with Crippen molar-refractivity contribution >= 4 is 18.4 Å². The Morgan fingerprint density at radius 3 is 2.10 bits per heavy atom. The minimum Gasteiger partial charge on any atom is -0.378 e. The Balaban J connectivity index is 0.00000220. The molecular weight excluding hydrogens is 294 g/mol. The van der Waals surface area contributed by atoms with E-state index in [1.807, 2.05) is 27.7 Å². The van der Waals surface area contributed by atoms with Crippen LogP contribution in [0.5, 0.6) is 0 Å². The van der Waals surface area contributed by atoms with Crippen LogP contribution in [0.15, 0.2) is 0 Å². The lowest BCUT2D eigenvalue weighted by atomic mass is 9.79. The first-order valence-electron chi connectivity index (χ1n) is 7.35. The smallest absolute Gasteiger partial charge is 0.317 e. The van der Waals surface area contributed by atoms with E-state index in [4.69, 9.17) is 4.74 Å². The Hall–Kier alpha value is -0.560. The van der Waals surface area contributed by atoms with E-state index in [-0.39, 0.29) is 35.6 Å². The van der Waals surface area contributed by atoms with Crippen LogP contribution in [-0.2, 0) is 4.74 Å². The Labute approximate surface area is 133 Å². The highest BCUT2D eigenvalue weighted by atomic mass is 35.5. The number of nitrogens with zero attached hydrogens (tertiary/aromatic N) is 2. The fourth-order valence-electron chi connectivity index (χ4n) is 3.40. The van der Waals surface area contributed by atoms with Crippen molar-refractivity contribution in [2.45, 2.75) is 57.7 Å². The highest BCUT2D eigenvalue weighted by Crippen LogP contribution is 2.36. The molecule has 0 aromatic rings. The summed E-state index contributed by atoms with van der Waals surface area (Å²) >= 11 is 0. The second-order valence-corrected chi connectivity index (χ2v) is 7.09. The zero-order valence-corrected chi connectivity index (χ0v) is 14.2. The van der Waals surface area contributed by atoms with Crippen molar-refractivity contribution in [1.82, 2.24) is 15.3 Å². The summed E-state index contributed by atoms with van der Waals surface area (Å²) in [5.41, 5.74) is -0.685. The average molecular weight is 322 g/mol. The van der Waals surface area contributed by atoms with Crippen molar-refractivity contribution in [2.75, 3.05) is 26.3 Å². The van der Waals surface area contributed by atoms with Crippen molar-refractivity contribution in [3.05, 3.63) is 0 Å². The largest absolute Gasteiger partial charge is 0.378 e. The number of amides is 2. The number of carbonyl (C=O) groups is 1. The number of ether oxygens (including phenoxy) is 1. The van der Waals surface area contributed by atoms with Crippen LogP contribution < -0.4 is 5.32 Å². The monoisotopic (exact) mass is 321 g/mol. The van der Waals surface area contributed by atoms with Gasteiger partial charge in [-0.15, -0.1) is 12.4 Å². The van der Waals surface area contributed by atoms with Crippen LogP contribution in [0.2, 0.25) is 0 Å². The van der Waals surface area contributed by atoms with Gasteiger partial charge in [-0.2, -0.15) is 5.06 Å². The summed E-state index contributed by atoms with van der Waals surface area (Å²) in [5, 5.41) is 14.8. The Morgan fingerprint density at radius 2 is 1.62 bits per heavy atom. The molecule has 6 nitrogen and oxygen atoms in total. The summed E-state index contributed by atoms with van der Waals surface area (Å²) in [6, 6.07) is 0.0648. The molecule has 0 aliphatic carbocycles. The normalized spacial score (nSPS) is 26.0. The van der Waals surface area contributed by atoms with Crippen molar-refractivity contribution < 1.29 is 14.7 Å². The van der Waals surface area contributed by atoms with E-state index in [2.05, 4.69) is 5.32 Å². The van der Waals surface area contributed by atoms with E-state index >= 15 is 0 Å². The Morgan fingerprint density at radius 1 is 1.14 bits per heavy atom. The van der Waals surface area contributed by atoms with E-state index in [1.54, 1.807) is 4.90 Å². The molecule has 0 radical (unpaired) electrons. The molecule has 2 amide bonds. The van der Waals surface area contributed by atoms with Crippen molar-refractivity contribution in [2.24, 2.45) is 0 Å². The molecule has 0 atom stereocenters. The molecular formula is C14H28ClN3O3. The van der Waals surface area contributed by atoms with Crippen LogP contribution in [-0.4, -0.2) is 64.6 Å². The van der Waals surface area contributed by atoms with E-state index in [9.17, 15) is 10.0 Å². The Bertz CT molecular complexity index is 352. The summed E-state index contributed by atoms with van der Waals surface area (Å²) in [5.74, 6) is 0. The first-order chi connectivity index (χ1) is 9.22. The molecule has 0 unspecified atom stereocenters. The third-order valence-electron chi connectivity index (χ3n) is 4.26. The average Bonchev–Trinajstić information content (AvgIpc) is 2.36. The van der Waals surface area contributed by atoms with Gasteiger partial charge in [-0.3, -0.25) is 0 Å². The molecule has 0 bridgehead atoms. The number of morpholine rings is 1. The number of hydrogen-bond donors (Lipinski definition) is 2. The number of hydrogen-bond acceptors (Lipinski definition) is 4. The van der Waals surface area contributed by atoms with E-state index in [0.29, 0.717) is 26.3 Å². The van der Waals surface area contributed by atoms with Gasteiger partial charge in [-0.25, -0.2) is 4.79 Å². The third kappa shape index (κ3) is 4.22. The Kier molecular flexibility index (Phi) is 5.89. The summed E-state index contributed by atoms with van der Waals surface area (Å²) in [4.78, 5) is 14.1. The van der Waals surface area contributed by atoms with E-state index in [1.165, 1.54) is 5.06 Å². The first kappa shape index (κ1) is 18.5. The number of piperidine rings is 1. The molecule has 2 rings (SSSR count). The zero-order chi connectivity index (χ0) is 15.0. The SMILES string of the molecule is CC1(C)CC(NC(=O)N2CCOCC2)CC(C)(C)N1O.Cl. The zero-order valence-electron chi connectivity index (χ0n) is 13.4. The van der Waals surface area contributed by atoms with Gasteiger partial charge in [0, 0.05) is 30.2 Å². The van der Waals surface area contributed by atoms with Crippen LogP contribution in [0.4, 0.5) is 4.79 Å². The molecule has 21 heavy (non-hydrogen) atoms. The van der Waals surface area contributed by atoms with Gasteiger partial charge in [-0.1, -0.05) is 0 Å². The van der Waals surface area contributed by atoms with Gasteiger partial charge in [0.2, 0.25) is 0 Å². The van der Waals surface area contributed by atoms with Crippen LogP contribution >= 0.6 is 12.4 Å². The minimum atomic E-state index is -0.343. The van der Waals surface area contributed by atoms with E-state index in [0.717, 1.165) is 12.8 Å². The van der Waals surface area contributed by atoms with Crippen molar-refractivity contribution in [3.63, 3.8) is 0 Å².